The highest BCUT2D eigenvalue weighted by atomic mass is 35.5. The maximum Gasteiger partial charge on any atom is 0.333 e. The van der Waals surface area contributed by atoms with Gasteiger partial charge in [-0.15, -0.1) is 0 Å². The lowest BCUT2D eigenvalue weighted by atomic mass is 9.83. The predicted molar refractivity (Wildman–Crippen MR) is 106 cm³/mol. The first-order valence-corrected chi connectivity index (χ1v) is 9.22. The minimum Gasteiger partial charge on any atom is -0.303 e. The van der Waals surface area contributed by atoms with E-state index in [-0.39, 0.29) is 11.6 Å². The molecule has 2 aliphatic rings. The fraction of sp³-hybridized carbons (Fsp3) is 0.200. The summed E-state index contributed by atoms with van der Waals surface area (Å²) in [5.41, 5.74) is 3.50. The van der Waals surface area contributed by atoms with Crippen LogP contribution in [0.15, 0.2) is 48.7 Å². The number of likely N-dealkylation sites (N-methyl/N-ethyl adjacent to an activating group) is 1. The van der Waals surface area contributed by atoms with E-state index in [0.29, 0.717) is 28.8 Å². The molecule has 4 rings (SSSR count). The smallest absolute Gasteiger partial charge is 0.303 e. The topological polar surface area (TPSA) is 52.7 Å². The zero-order valence-electron chi connectivity index (χ0n) is 14.6. The molecule has 3 amide bonds. The van der Waals surface area contributed by atoms with E-state index in [2.05, 4.69) is 16.8 Å². The van der Waals surface area contributed by atoms with Gasteiger partial charge in [-0.1, -0.05) is 48.0 Å². The highest BCUT2D eigenvalue weighted by molar-refractivity contribution is 6.35. The molecule has 5 nitrogen and oxygen atoms in total. The standard InChI is InChI=1S/C20H17Cl2N3O2/c1-11-19(26)25(20(27)23-11)18-6-4-3-5-13(18)15-9-24(2)10-16-14(15)7-12(21)8-17(16)22/h3-8,15H,1,9-10H2,2H3,(H,23,27)/t15-/m0/s1. The Bertz CT molecular complexity index is 989. The summed E-state index contributed by atoms with van der Waals surface area (Å²) in [7, 11) is 2.01. The van der Waals surface area contributed by atoms with Crippen LogP contribution >= 0.6 is 23.2 Å². The van der Waals surface area contributed by atoms with Crippen LogP contribution in [0.2, 0.25) is 10.0 Å². The maximum absolute atomic E-state index is 12.5. The number of carbonyl (C=O) groups excluding carboxylic acids is 2. The molecule has 2 aromatic carbocycles. The molecule has 1 atom stereocenters. The van der Waals surface area contributed by atoms with Crippen molar-refractivity contribution < 1.29 is 9.59 Å². The Labute approximate surface area is 167 Å². The van der Waals surface area contributed by atoms with Gasteiger partial charge in [0.25, 0.3) is 5.91 Å². The summed E-state index contributed by atoms with van der Waals surface area (Å²) in [5, 5.41) is 3.67. The lowest BCUT2D eigenvalue weighted by Gasteiger charge is -2.34. The predicted octanol–water partition coefficient (Wildman–Crippen LogP) is 4.14. The average molecular weight is 402 g/mol. The molecule has 138 valence electrons. The summed E-state index contributed by atoms with van der Waals surface area (Å²) >= 11 is 12.7. The minimum atomic E-state index is -0.494. The third-order valence-electron chi connectivity index (χ3n) is 4.97. The van der Waals surface area contributed by atoms with Crippen molar-refractivity contribution in [3.63, 3.8) is 0 Å². The van der Waals surface area contributed by atoms with Gasteiger partial charge in [0.05, 0.1) is 5.69 Å². The Morgan fingerprint density at radius 2 is 1.89 bits per heavy atom. The molecule has 2 aromatic rings. The molecular weight excluding hydrogens is 385 g/mol. The van der Waals surface area contributed by atoms with E-state index < -0.39 is 11.9 Å². The number of halogens is 2. The van der Waals surface area contributed by atoms with Crippen LogP contribution < -0.4 is 10.2 Å². The molecule has 2 heterocycles. The largest absolute Gasteiger partial charge is 0.333 e. The van der Waals surface area contributed by atoms with E-state index >= 15 is 0 Å². The number of benzene rings is 2. The van der Waals surface area contributed by atoms with Crippen LogP contribution in [0.5, 0.6) is 0 Å². The van der Waals surface area contributed by atoms with Crippen molar-refractivity contribution in [3.8, 4) is 0 Å². The van der Waals surface area contributed by atoms with Gasteiger partial charge in [0.15, 0.2) is 0 Å². The Morgan fingerprint density at radius 1 is 1.15 bits per heavy atom. The zero-order chi connectivity index (χ0) is 19.3. The summed E-state index contributed by atoms with van der Waals surface area (Å²) in [6.07, 6.45) is 0. The van der Waals surface area contributed by atoms with Gasteiger partial charge in [0.2, 0.25) is 0 Å². The van der Waals surface area contributed by atoms with E-state index in [0.717, 1.165) is 21.6 Å². The van der Waals surface area contributed by atoms with Crippen LogP contribution in [0.4, 0.5) is 10.5 Å². The fourth-order valence-electron chi connectivity index (χ4n) is 3.78. The summed E-state index contributed by atoms with van der Waals surface area (Å²) in [4.78, 5) is 28.1. The Balaban J connectivity index is 1.88. The Kier molecular flexibility index (Phi) is 4.46. The van der Waals surface area contributed by atoms with Gasteiger partial charge in [-0.05, 0) is 41.9 Å². The van der Waals surface area contributed by atoms with Gasteiger partial charge >= 0.3 is 6.03 Å². The summed E-state index contributed by atoms with van der Waals surface area (Å²) in [5.74, 6) is -0.526. The van der Waals surface area contributed by atoms with Crippen LogP contribution in [-0.2, 0) is 11.3 Å². The molecule has 1 fully saturated rings. The van der Waals surface area contributed by atoms with E-state index in [9.17, 15) is 9.59 Å². The van der Waals surface area contributed by atoms with Crippen molar-refractivity contribution in [2.45, 2.75) is 12.5 Å². The number of nitrogens with zero attached hydrogens (tertiary/aromatic N) is 2. The molecule has 0 unspecified atom stereocenters. The first-order chi connectivity index (χ1) is 12.9. The number of para-hydroxylation sites is 1. The van der Waals surface area contributed by atoms with Crippen LogP contribution in [0.3, 0.4) is 0 Å². The van der Waals surface area contributed by atoms with Crippen molar-refractivity contribution in [2.75, 3.05) is 18.5 Å². The molecule has 1 saturated heterocycles. The second-order valence-corrected chi connectivity index (χ2v) is 7.66. The quantitative estimate of drug-likeness (QED) is 0.607. The van der Waals surface area contributed by atoms with Crippen LogP contribution in [0, 0.1) is 0 Å². The highest BCUT2D eigenvalue weighted by Gasteiger charge is 2.37. The number of amides is 3. The molecule has 0 radical (unpaired) electrons. The first kappa shape index (κ1) is 18.0. The summed E-state index contributed by atoms with van der Waals surface area (Å²) < 4.78 is 0. The van der Waals surface area contributed by atoms with Gasteiger partial charge in [0.1, 0.15) is 5.70 Å². The van der Waals surface area contributed by atoms with E-state index in [4.69, 9.17) is 23.2 Å². The van der Waals surface area contributed by atoms with Crippen LogP contribution in [0.25, 0.3) is 0 Å². The number of anilines is 1. The number of hydrogen-bond donors (Lipinski definition) is 1. The number of fused-ring (bicyclic) bond motifs is 1. The third-order valence-corrected chi connectivity index (χ3v) is 5.52. The molecule has 0 saturated carbocycles. The van der Waals surface area contributed by atoms with Crippen molar-refractivity contribution in [3.05, 3.63) is 75.4 Å². The molecule has 0 aromatic heterocycles. The van der Waals surface area contributed by atoms with Gasteiger partial charge in [0, 0.05) is 29.1 Å². The van der Waals surface area contributed by atoms with Crippen molar-refractivity contribution in [1.82, 2.24) is 10.2 Å². The Morgan fingerprint density at radius 3 is 2.59 bits per heavy atom. The second kappa shape index (κ2) is 6.68. The SMILES string of the molecule is C=C1NC(=O)N(c2ccccc2[C@@H]2CN(C)Cc3c(Cl)cc(Cl)cc32)C1=O. The van der Waals surface area contributed by atoms with Crippen molar-refractivity contribution >= 4 is 40.8 Å². The van der Waals surface area contributed by atoms with Gasteiger partial charge in [-0.3, -0.25) is 4.79 Å². The maximum atomic E-state index is 12.5. The van der Waals surface area contributed by atoms with Crippen LogP contribution in [0.1, 0.15) is 22.6 Å². The highest BCUT2D eigenvalue weighted by Crippen LogP contribution is 2.41. The van der Waals surface area contributed by atoms with E-state index in [1.54, 1.807) is 18.2 Å². The first-order valence-electron chi connectivity index (χ1n) is 8.46. The minimum absolute atomic E-state index is 0.0713. The van der Waals surface area contributed by atoms with E-state index in [1.165, 1.54) is 0 Å². The average Bonchev–Trinajstić information content (AvgIpc) is 2.87. The van der Waals surface area contributed by atoms with Gasteiger partial charge in [-0.25, -0.2) is 9.69 Å². The number of hydrogen-bond acceptors (Lipinski definition) is 3. The van der Waals surface area contributed by atoms with Crippen molar-refractivity contribution in [2.24, 2.45) is 0 Å². The molecule has 0 aliphatic carbocycles. The molecule has 2 aliphatic heterocycles. The molecule has 7 heteroatoms. The number of imide groups is 1. The second-order valence-electron chi connectivity index (χ2n) is 6.81. The third kappa shape index (κ3) is 3.02. The lowest BCUT2D eigenvalue weighted by molar-refractivity contribution is -0.113. The van der Waals surface area contributed by atoms with E-state index in [1.807, 2.05) is 25.2 Å². The normalized spacial score (nSPS) is 20.0. The fourth-order valence-corrected chi connectivity index (χ4v) is 4.35. The number of carbonyl (C=O) groups is 2. The van der Waals surface area contributed by atoms with Crippen LogP contribution in [-0.4, -0.2) is 30.4 Å². The molecule has 27 heavy (non-hydrogen) atoms. The number of urea groups is 1. The summed E-state index contributed by atoms with van der Waals surface area (Å²) in [6.45, 7) is 5.03. The lowest BCUT2D eigenvalue weighted by Crippen LogP contribution is -2.35. The zero-order valence-corrected chi connectivity index (χ0v) is 16.1. The number of rotatable bonds is 2. The molecular formula is C20H17Cl2N3O2. The monoisotopic (exact) mass is 401 g/mol. The molecule has 0 bridgehead atoms. The van der Waals surface area contributed by atoms with Gasteiger partial charge in [-0.2, -0.15) is 0 Å². The van der Waals surface area contributed by atoms with Gasteiger partial charge < -0.3 is 10.2 Å². The molecule has 1 N–H and O–H groups in total. The van der Waals surface area contributed by atoms with Crippen molar-refractivity contribution in [1.29, 1.82) is 0 Å². The molecule has 0 spiro atoms. The Hall–Kier alpha value is -2.34. The number of nitrogens with one attached hydrogen (secondary N) is 1. The summed E-state index contributed by atoms with van der Waals surface area (Å²) in [6, 6.07) is 10.6.